The highest BCUT2D eigenvalue weighted by molar-refractivity contribution is 9.10. The van der Waals surface area contributed by atoms with Gasteiger partial charge in [0.05, 0.1) is 4.47 Å². The molecule has 0 bridgehead atoms. The summed E-state index contributed by atoms with van der Waals surface area (Å²) in [5.74, 6) is 1.83. The van der Waals surface area contributed by atoms with Crippen LogP contribution in [0.1, 0.15) is 43.4 Å². The molecule has 0 saturated carbocycles. The third-order valence-corrected chi connectivity index (χ3v) is 4.53. The lowest BCUT2D eigenvalue weighted by atomic mass is 9.91. The minimum absolute atomic E-state index is 0.454. The van der Waals surface area contributed by atoms with Gasteiger partial charge in [-0.2, -0.15) is 0 Å². The van der Waals surface area contributed by atoms with Gasteiger partial charge in [-0.3, -0.25) is 0 Å². The van der Waals surface area contributed by atoms with Crippen molar-refractivity contribution in [2.75, 3.05) is 19.8 Å². The van der Waals surface area contributed by atoms with Gasteiger partial charge in [-0.05, 0) is 53.4 Å². The van der Waals surface area contributed by atoms with Crippen LogP contribution in [0.2, 0.25) is 0 Å². The number of hydrogen-bond donors (Lipinski definition) is 1. The number of piperidine rings is 1. The third kappa shape index (κ3) is 2.48. The van der Waals surface area contributed by atoms with Crippen molar-refractivity contribution in [1.82, 2.24) is 5.32 Å². The van der Waals surface area contributed by atoms with Crippen LogP contribution < -0.4 is 14.8 Å². The van der Waals surface area contributed by atoms with Gasteiger partial charge in [-0.25, -0.2) is 0 Å². The topological polar surface area (TPSA) is 30.5 Å². The molecule has 1 aromatic carbocycles. The molecule has 0 spiro atoms. The molecule has 2 heterocycles. The van der Waals surface area contributed by atoms with E-state index in [0.717, 1.165) is 28.9 Å². The van der Waals surface area contributed by atoms with E-state index >= 15 is 0 Å². The molecule has 0 aromatic heterocycles. The summed E-state index contributed by atoms with van der Waals surface area (Å²) < 4.78 is 12.6. The minimum Gasteiger partial charge on any atom is -0.486 e. The van der Waals surface area contributed by atoms with E-state index < -0.39 is 0 Å². The standard InChI is InChI=1S/C15H20BrNO2/c1-2-10-11(13-5-3-4-6-17-13)9-12(16)15-14(10)18-7-8-19-15/h9,13,17H,2-8H2,1H3. The van der Waals surface area contributed by atoms with Gasteiger partial charge in [0.25, 0.3) is 0 Å². The van der Waals surface area contributed by atoms with Crippen molar-refractivity contribution in [1.29, 1.82) is 0 Å². The summed E-state index contributed by atoms with van der Waals surface area (Å²) >= 11 is 3.63. The van der Waals surface area contributed by atoms with Crippen LogP contribution in [-0.4, -0.2) is 19.8 Å². The van der Waals surface area contributed by atoms with Crippen molar-refractivity contribution in [3.8, 4) is 11.5 Å². The van der Waals surface area contributed by atoms with Gasteiger partial charge in [0, 0.05) is 11.6 Å². The molecule has 1 saturated heterocycles. The Hall–Kier alpha value is -0.740. The number of hydrogen-bond acceptors (Lipinski definition) is 3. The van der Waals surface area contributed by atoms with Crippen molar-refractivity contribution in [3.05, 3.63) is 21.7 Å². The van der Waals surface area contributed by atoms with Crippen LogP contribution >= 0.6 is 15.9 Å². The minimum atomic E-state index is 0.454. The van der Waals surface area contributed by atoms with Crippen LogP contribution in [0, 0.1) is 0 Å². The highest BCUT2D eigenvalue weighted by atomic mass is 79.9. The Morgan fingerprint density at radius 3 is 2.74 bits per heavy atom. The lowest BCUT2D eigenvalue weighted by Crippen LogP contribution is -2.28. The van der Waals surface area contributed by atoms with Crippen LogP contribution in [0.4, 0.5) is 0 Å². The lowest BCUT2D eigenvalue weighted by Gasteiger charge is -2.29. The molecule has 2 aliphatic rings. The van der Waals surface area contributed by atoms with E-state index in [4.69, 9.17) is 9.47 Å². The molecule has 3 rings (SSSR count). The fourth-order valence-electron chi connectivity index (χ4n) is 3.03. The van der Waals surface area contributed by atoms with E-state index in [1.807, 2.05) is 0 Å². The highest BCUT2D eigenvalue weighted by Gasteiger charge is 2.26. The van der Waals surface area contributed by atoms with Gasteiger partial charge in [-0.15, -0.1) is 0 Å². The van der Waals surface area contributed by atoms with Crippen molar-refractivity contribution in [3.63, 3.8) is 0 Å². The number of halogens is 1. The summed E-state index contributed by atoms with van der Waals surface area (Å²) in [6.07, 6.45) is 4.77. The number of nitrogens with one attached hydrogen (secondary N) is 1. The molecule has 104 valence electrons. The molecule has 1 fully saturated rings. The number of fused-ring (bicyclic) bond motifs is 1. The Morgan fingerprint density at radius 1 is 1.26 bits per heavy atom. The summed E-state index contributed by atoms with van der Waals surface area (Å²) in [6.45, 7) is 4.58. The molecule has 1 atom stereocenters. The zero-order valence-corrected chi connectivity index (χ0v) is 12.9. The molecule has 0 aliphatic carbocycles. The summed E-state index contributed by atoms with van der Waals surface area (Å²) in [7, 11) is 0. The zero-order valence-electron chi connectivity index (χ0n) is 11.3. The Bertz CT molecular complexity index is 470. The van der Waals surface area contributed by atoms with Gasteiger partial charge in [0.2, 0.25) is 0 Å². The first-order valence-electron chi connectivity index (χ1n) is 7.15. The average Bonchev–Trinajstić information content (AvgIpc) is 2.48. The van der Waals surface area contributed by atoms with E-state index in [9.17, 15) is 0 Å². The van der Waals surface area contributed by atoms with Gasteiger partial charge < -0.3 is 14.8 Å². The average molecular weight is 326 g/mol. The van der Waals surface area contributed by atoms with Crippen molar-refractivity contribution < 1.29 is 9.47 Å². The maximum Gasteiger partial charge on any atom is 0.175 e. The number of ether oxygens (including phenoxy) is 2. The predicted octanol–water partition coefficient (Wildman–Crippen LogP) is 3.60. The van der Waals surface area contributed by atoms with E-state index in [-0.39, 0.29) is 0 Å². The molecular formula is C15H20BrNO2. The van der Waals surface area contributed by atoms with E-state index in [1.165, 1.54) is 30.4 Å². The molecular weight excluding hydrogens is 306 g/mol. The summed E-state index contributed by atoms with van der Waals surface area (Å²) in [6, 6.07) is 2.67. The number of benzene rings is 1. The van der Waals surface area contributed by atoms with Crippen LogP contribution in [0.3, 0.4) is 0 Å². The van der Waals surface area contributed by atoms with E-state index in [1.54, 1.807) is 0 Å². The Balaban J connectivity index is 2.05. The second kappa shape index (κ2) is 5.71. The third-order valence-electron chi connectivity index (χ3n) is 3.94. The summed E-state index contributed by atoms with van der Waals surface area (Å²) in [5, 5.41) is 3.63. The maximum atomic E-state index is 5.88. The van der Waals surface area contributed by atoms with Crippen LogP contribution in [0.15, 0.2) is 10.5 Å². The van der Waals surface area contributed by atoms with Crippen molar-refractivity contribution in [2.45, 2.75) is 38.6 Å². The molecule has 3 nitrogen and oxygen atoms in total. The molecule has 1 unspecified atom stereocenters. The monoisotopic (exact) mass is 325 g/mol. The highest BCUT2D eigenvalue weighted by Crippen LogP contribution is 2.44. The van der Waals surface area contributed by atoms with Gasteiger partial charge in [0.1, 0.15) is 13.2 Å². The van der Waals surface area contributed by atoms with Crippen LogP contribution in [0.5, 0.6) is 11.5 Å². The smallest absolute Gasteiger partial charge is 0.175 e. The first-order chi connectivity index (χ1) is 9.31. The normalized spacial score (nSPS) is 22.3. The Morgan fingerprint density at radius 2 is 2.05 bits per heavy atom. The fraction of sp³-hybridized carbons (Fsp3) is 0.600. The second-order valence-corrected chi connectivity index (χ2v) is 5.99. The molecule has 4 heteroatoms. The van der Waals surface area contributed by atoms with E-state index in [0.29, 0.717) is 19.3 Å². The number of rotatable bonds is 2. The molecule has 0 radical (unpaired) electrons. The Labute approximate surface area is 122 Å². The summed E-state index contributed by atoms with van der Waals surface area (Å²) in [5.41, 5.74) is 2.68. The molecule has 2 aliphatic heterocycles. The quantitative estimate of drug-likeness (QED) is 0.901. The van der Waals surface area contributed by atoms with Gasteiger partial charge in [-0.1, -0.05) is 13.3 Å². The van der Waals surface area contributed by atoms with E-state index in [2.05, 4.69) is 34.2 Å². The first-order valence-corrected chi connectivity index (χ1v) is 7.94. The fourth-order valence-corrected chi connectivity index (χ4v) is 3.57. The lowest BCUT2D eigenvalue weighted by molar-refractivity contribution is 0.168. The van der Waals surface area contributed by atoms with Crippen LogP contribution in [0.25, 0.3) is 0 Å². The predicted molar refractivity (Wildman–Crippen MR) is 79.1 cm³/mol. The molecule has 19 heavy (non-hydrogen) atoms. The Kier molecular flexibility index (Phi) is 3.99. The van der Waals surface area contributed by atoms with Gasteiger partial charge in [0.15, 0.2) is 11.5 Å². The van der Waals surface area contributed by atoms with Crippen molar-refractivity contribution >= 4 is 15.9 Å². The van der Waals surface area contributed by atoms with Gasteiger partial charge >= 0.3 is 0 Å². The first kappa shape index (κ1) is 13.3. The largest absolute Gasteiger partial charge is 0.486 e. The SMILES string of the molecule is CCc1c(C2CCCCN2)cc(Br)c2c1OCCO2. The summed E-state index contributed by atoms with van der Waals surface area (Å²) in [4.78, 5) is 0. The molecule has 0 amide bonds. The second-order valence-electron chi connectivity index (χ2n) is 5.14. The zero-order chi connectivity index (χ0) is 13.2. The molecule has 1 N–H and O–H groups in total. The molecule has 1 aromatic rings. The van der Waals surface area contributed by atoms with Crippen molar-refractivity contribution in [2.24, 2.45) is 0 Å². The van der Waals surface area contributed by atoms with Crippen LogP contribution in [-0.2, 0) is 6.42 Å². The maximum absolute atomic E-state index is 5.88.